The standard InChI is InChI=1S/C14H19FN2O3/c1-8(2)11(7-16)13(18)17-12-6-9(15)4-5-10(12)14(19)20-3/h4-6,8,11H,7,16H2,1-3H3,(H,17,18). The van der Waals surface area contributed by atoms with Gasteiger partial charge in [-0.15, -0.1) is 0 Å². The number of amides is 1. The largest absolute Gasteiger partial charge is 0.465 e. The predicted molar refractivity (Wildman–Crippen MR) is 73.8 cm³/mol. The Morgan fingerprint density at radius 3 is 2.55 bits per heavy atom. The van der Waals surface area contributed by atoms with Crippen molar-refractivity contribution in [1.29, 1.82) is 0 Å². The number of esters is 1. The fourth-order valence-corrected chi connectivity index (χ4v) is 1.82. The van der Waals surface area contributed by atoms with Crippen LogP contribution >= 0.6 is 0 Å². The lowest BCUT2D eigenvalue weighted by Crippen LogP contribution is -2.33. The number of carbonyl (C=O) groups excluding carboxylic acids is 2. The van der Waals surface area contributed by atoms with Crippen molar-refractivity contribution in [3.05, 3.63) is 29.6 Å². The first kappa shape index (κ1) is 16.1. The average Bonchev–Trinajstić information content (AvgIpc) is 2.38. The molecule has 110 valence electrons. The molecule has 0 aromatic heterocycles. The van der Waals surface area contributed by atoms with Gasteiger partial charge in [-0.3, -0.25) is 4.79 Å². The second kappa shape index (κ2) is 7.00. The molecule has 5 nitrogen and oxygen atoms in total. The first-order valence-corrected chi connectivity index (χ1v) is 6.29. The highest BCUT2D eigenvalue weighted by Crippen LogP contribution is 2.20. The summed E-state index contributed by atoms with van der Waals surface area (Å²) in [5.41, 5.74) is 5.74. The molecule has 0 fully saturated rings. The van der Waals surface area contributed by atoms with Gasteiger partial charge in [-0.25, -0.2) is 9.18 Å². The number of nitrogens with one attached hydrogen (secondary N) is 1. The van der Waals surface area contributed by atoms with Crippen molar-refractivity contribution in [2.24, 2.45) is 17.6 Å². The average molecular weight is 282 g/mol. The van der Waals surface area contributed by atoms with Crippen LogP contribution in [0.25, 0.3) is 0 Å². The zero-order chi connectivity index (χ0) is 15.3. The van der Waals surface area contributed by atoms with Crippen LogP contribution in [0.4, 0.5) is 10.1 Å². The molecule has 0 spiro atoms. The first-order chi connectivity index (χ1) is 9.40. The number of hydrogen-bond acceptors (Lipinski definition) is 4. The molecule has 1 rings (SSSR count). The maximum absolute atomic E-state index is 13.3. The summed E-state index contributed by atoms with van der Waals surface area (Å²) in [5, 5.41) is 2.54. The number of anilines is 1. The van der Waals surface area contributed by atoms with E-state index in [0.717, 1.165) is 12.1 Å². The summed E-state index contributed by atoms with van der Waals surface area (Å²) in [6, 6.07) is 3.48. The van der Waals surface area contributed by atoms with Gasteiger partial charge in [0.2, 0.25) is 5.91 Å². The minimum Gasteiger partial charge on any atom is -0.465 e. The zero-order valence-corrected chi connectivity index (χ0v) is 11.8. The van der Waals surface area contributed by atoms with Crippen LogP contribution < -0.4 is 11.1 Å². The monoisotopic (exact) mass is 282 g/mol. The van der Waals surface area contributed by atoms with Gasteiger partial charge in [-0.1, -0.05) is 13.8 Å². The van der Waals surface area contributed by atoms with Gasteiger partial charge in [-0.05, 0) is 24.1 Å². The molecule has 1 atom stereocenters. The lowest BCUT2D eigenvalue weighted by molar-refractivity contribution is -0.120. The smallest absolute Gasteiger partial charge is 0.339 e. The molecule has 1 aromatic carbocycles. The Labute approximate surface area is 117 Å². The number of nitrogens with two attached hydrogens (primary N) is 1. The van der Waals surface area contributed by atoms with E-state index in [9.17, 15) is 14.0 Å². The molecule has 6 heteroatoms. The van der Waals surface area contributed by atoms with E-state index in [2.05, 4.69) is 10.1 Å². The van der Waals surface area contributed by atoms with Crippen LogP contribution in [0.5, 0.6) is 0 Å². The third-order valence-corrected chi connectivity index (χ3v) is 3.04. The molecule has 20 heavy (non-hydrogen) atoms. The third-order valence-electron chi connectivity index (χ3n) is 3.04. The van der Waals surface area contributed by atoms with Crippen molar-refractivity contribution in [3.8, 4) is 0 Å². The van der Waals surface area contributed by atoms with Crippen molar-refractivity contribution in [3.63, 3.8) is 0 Å². The molecule has 0 aliphatic heterocycles. The molecule has 0 bridgehead atoms. The van der Waals surface area contributed by atoms with Gasteiger partial charge in [0.1, 0.15) is 5.82 Å². The number of methoxy groups -OCH3 is 1. The highest BCUT2D eigenvalue weighted by atomic mass is 19.1. The van der Waals surface area contributed by atoms with Crippen LogP contribution in [0, 0.1) is 17.7 Å². The van der Waals surface area contributed by atoms with Gasteiger partial charge in [-0.2, -0.15) is 0 Å². The number of halogens is 1. The normalized spacial score (nSPS) is 12.1. The minimum atomic E-state index is -0.644. The van der Waals surface area contributed by atoms with E-state index in [1.807, 2.05) is 13.8 Å². The maximum atomic E-state index is 13.3. The summed E-state index contributed by atoms with van der Waals surface area (Å²) in [6.07, 6.45) is 0. The summed E-state index contributed by atoms with van der Waals surface area (Å²) >= 11 is 0. The molecular formula is C14H19FN2O3. The quantitative estimate of drug-likeness (QED) is 0.807. The van der Waals surface area contributed by atoms with Crippen LogP contribution in [0.2, 0.25) is 0 Å². The molecule has 0 saturated heterocycles. The van der Waals surface area contributed by atoms with Crippen LogP contribution in [0.15, 0.2) is 18.2 Å². The van der Waals surface area contributed by atoms with Crippen molar-refractivity contribution in [2.75, 3.05) is 19.0 Å². The van der Waals surface area contributed by atoms with E-state index in [-0.39, 0.29) is 29.6 Å². The molecule has 1 aromatic rings. The van der Waals surface area contributed by atoms with E-state index in [0.29, 0.717) is 0 Å². The third kappa shape index (κ3) is 3.77. The predicted octanol–water partition coefficient (Wildman–Crippen LogP) is 1.78. The Hall–Kier alpha value is -1.95. The van der Waals surface area contributed by atoms with Crippen molar-refractivity contribution in [2.45, 2.75) is 13.8 Å². The highest BCUT2D eigenvalue weighted by Gasteiger charge is 2.22. The molecule has 0 aliphatic carbocycles. The van der Waals surface area contributed by atoms with Gasteiger partial charge in [0.05, 0.1) is 24.3 Å². The van der Waals surface area contributed by atoms with Gasteiger partial charge in [0.15, 0.2) is 0 Å². The first-order valence-electron chi connectivity index (χ1n) is 6.29. The Bertz CT molecular complexity index is 503. The molecule has 0 aliphatic rings. The summed E-state index contributed by atoms with van der Waals surface area (Å²) in [7, 11) is 1.22. The van der Waals surface area contributed by atoms with Crippen LogP contribution in [0.1, 0.15) is 24.2 Å². The topological polar surface area (TPSA) is 81.4 Å². The second-order valence-corrected chi connectivity index (χ2v) is 4.76. The fraction of sp³-hybridized carbons (Fsp3) is 0.429. The number of hydrogen-bond donors (Lipinski definition) is 2. The fourth-order valence-electron chi connectivity index (χ4n) is 1.82. The molecule has 3 N–H and O–H groups in total. The van der Waals surface area contributed by atoms with E-state index in [1.165, 1.54) is 13.2 Å². The molecule has 0 radical (unpaired) electrons. The SMILES string of the molecule is COC(=O)c1ccc(F)cc1NC(=O)C(CN)C(C)C. The molecule has 1 unspecified atom stereocenters. The number of benzene rings is 1. The van der Waals surface area contributed by atoms with Gasteiger partial charge >= 0.3 is 5.97 Å². The van der Waals surface area contributed by atoms with Crippen molar-refractivity contribution < 1.29 is 18.7 Å². The zero-order valence-electron chi connectivity index (χ0n) is 11.8. The van der Waals surface area contributed by atoms with Crippen molar-refractivity contribution in [1.82, 2.24) is 0 Å². The number of carbonyl (C=O) groups is 2. The maximum Gasteiger partial charge on any atom is 0.339 e. The van der Waals surface area contributed by atoms with Crippen LogP contribution in [0.3, 0.4) is 0 Å². The van der Waals surface area contributed by atoms with E-state index < -0.39 is 17.7 Å². The molecule has 0 heterocycles. The minimum absolute atomic E-state index is 0.0372. The van der Waals surface area contributed by atoms with Gasteiger partial charge in [0.25, 0.3) is 0 Å². The molecular weight excluding hydrogens is 263 g/mol. The van der Waals surface area contributed by atoms with E-state index in [1.54, 1.807) is 0 Å². The van der Waals surface area contributed by atoms with E-state index in [4.69, 9.17) is 5.73 Å². The van der Waals surface area contributed by atoms with Gasteiger partial charge in [0, 0.05) is 6.54 Å². The highest BCUT2D eigenvalue weighted by molar-refractivity contribution is 6.01. The summed E-state index contributed by atoms with van der Waals surface area (Å²) < 4.78 is 17.9. The van der Waals surface area contributed by atoms with Crippen LogP contribution in [-0.4, -0.2) is 25.5 Å². The van der Waals surface area contributed by atoms with Gasteiger partial charge < -0.3 is 15.8 Å². The van der Waals surface area contributed by atoms with E-state index >= 15 is 0 Å². The Kier molecular flexibility index (Phi) is 5.64. The Morgan fingerprint density at radius 1 is 1.40 bits per heavy atom. The van der Waals surface area contributed by atoms with Crippen molar-refractivity contribution >= 4 is 17.6 Å². The lowest BCUT2D eigenvalue weighted by Gasteiger charge is -2.19. The Morgan fingerprint density at radius 2 is 2.05 bits per heavy atom. The Balaban J connectivity index is 3.04. The lowest BCUT2D eigenvalue weighted by atomic mass is 9.95. The summed E-state index contributed by atoms with van der Waals surface area (Å²) in [5.74, 6) is -1.92. The second-order valence-electron chi connectivity index (χ2n) is 4.76. The summed E-state index contributed by atoms with van der Waals surface area (Å²) in [6.45, 7) is 3.90. The van der Waals surface area contributed by atoms with Crippen LogP contribution in [-0.2, 0) is 9.53 Å². The molecule has 1 amide bonds. The number of ether oxygens (including phenoxy) is 1. The summed E-state index contributed by atoms with van der Waals surface area (Å²) in [4.78, 5) is 23.7. The molecule has 0 saturated carbocycles. The number of rotatable bonds is 5.